The number of hydrogen-bond donors (Lipinski definition) is 1. The van der Waals surface area contributed by atoms with E-state index in [9.17, 15) is 9.50 Å². The molecule has 6 heteroatoms. The van der Waals surface area contributed by atoms with Crippen LogP contribution in [0, 0.1) is 5.82 Å². The second-order valence-corrected chi connectivity index (χ2v) is 6.21. The van der Waals surface area contributed by atoms with E-state index in [1.165, 1.54) is 12.1 Å². The van der Waals surface area contributed by atoms with E-state index in [1.54, 1.807) is 6.07 Å². The van der Waals surface area contributed by atoms with Crippen LogP contribution in [-0.4, -0.2) is 32.8 Å². The van der Waals surface area contributed by atoms with Gasteiger partial charge in [-0.3, -0.25) is 4.90 Å². The van der Waals surface area contributed by atoms with E-state index < -0.39 is 6.10 Å². The third kappa shape index (κ3) is 2.76. The summed E-state index contributed by atoms with van der Waals surface area (Å²) >= 11 is 0. The maximum absolute atomic E-state index is 13.5. The minimum atomic E-state index is -0.414. The highest BCUT2D eigenvalue weighted by atomic mass is 19.1. The van der Waals surface area contributed by atoms with Crippen LogP contribution in [0.3, 0.4) is 0 Å². The third-order valence-electron chi connectivity index (χ3n) is 4.37. The first kappa shape index (κ1) is 13.8. The van der Waals surface area contributed by atoms with E-state index in [1.807, 2.05) is 6.07 Å². The van der Waals surface area contributed by atoms with Crippen molar-refractivity contribution in [2.75, 3.05) is 6.54 Å². The molecule has 22 heavy (non-hydrogen) atoms. The van der Waals surface area contributed by atoms with Crippen LogP contribution in [-0.2, 0) is 6.54 Å². The number of rotatable bonds is 4. The Kier molecular flexibility index (Phi) is 3.43. The molecule has 5 nitrogen and oxygen atoms in total. The molecule has 0 spiro atoms. The molecule has 2 atom stereocenters. The zero-order chi connectivity index (χ0) is 15.1. The fraction of sp³-hybridized carbons (Fsp3) is 0.500. The molecule has 0 amide bonds. The van der Waals surface area contributed by atoms with Crippen molar-refractivity contribution in [2.45, 2.75) is 43.9 Å². The molecule has 1 N–H and O–H groups in total. The Balaban J connectivity index is 1.53. The Hall–Kier alpha value is -1.79. The highest BCUT2D eigenvalue weighted by Gasteiger charge is 2.34. The van der Waals surface area contributed by atoms with Crippen molar-refractivity contribution in [1.29, 1.82) is 0 Å². The molecular weight excluding hydrogens is 285 g/mol. The normalized spacial score (nSPS) is 25.7. The molecule has 1 aromatic carbocycles. The van der Waals surface area contributed by atoms with Gasteiger partial charge in [0.15, 0.2) is 5.82 Å². The van der Waals surface area contributed by atoms with Crippen LogP contribution in [0.1, 0.15) is 48.5 Å². The van der Waals surface area contributed by atoms with Crippen LogP contribution in [0.15, 0.2) is 28.8 Å². The summed E-state index contributed by atoms with van der Waals surface area (Å²) in [4.78, 5) is 6.52. The molecule has 1 saturated carbocycles. The highest BCUT2D eigenvalue weighted by Crippen LogP contribution is 2.39. The lowest BCUT2D eigenvalue weighted by Crippen LogP contribution is -2.25. The number of aliphatic hydroxyl groups is 1. The Morgan fingerprint density at radius 3 is 3.00 bits per heavy atom. The monoisotopic (exact) mass is 303 g/mol. The minimum absolute atomic E-state index is 0.0198. The van der Waals surface area contributed by atoms with Crippen molar-refractivity contribution >= 4 is 0 Å². The third-order valence-corrected chi connectivity index (χ3v) is 4.37. The van der Waals surface area contributed by atoms with Gasteiger partial charge >= 0.3 is 0 Å². The first-order valence-corrected chi connectivity index (χ1v) is 7.69. The van der Waals surface area contributed by atoms with Gasteiger partial charge in [-0.15, -0.1) is 0 Å². The van der Waals surface area contributed by atoms with Gasteiger partial charge in [-0.25, -0.2) is 4.39 Å². The van der Waals surface area contributed by atoms with E-state index in [0.717, 1.165) is 24.3 Å². The molecule has 1 aliphatic carbocycles. The molecule has 0 bridgehead atoms. The average Bonchev–Trinajstić information content (AvgIpc) is 3.13. The average molecular weight is 303 g/mol. The van der Waals surface area contributed by atoms with Crippen LogP contribution in [0.5, 0.6) is 0 Å². The van der Waals surface area contributed by atoms with E-state index in [2.05, 4.69) is 15.0 Å². The van der Waals surface area contributed by atoms with Crippen LogP contribution < -0.4 is 0 Å². The van der Waals surface area contributed by atoms with E-state index in [-0.39, 0.29) is 11.9 Å². The number of β-amino-alcohol motifs (C(OH)–C–C–N with tert-alkyl or cyclic N) is 1. The predicted molar refractivity (Wildman–Crippen MR) is 76.4 cm³/mol. The Labute approximate surface area is 127 Å². The SMILES string of the molecule is O[C@@H]1C[C@@H](c2cccc(F)c2)N(Cc2noc(C3CC3)n2)C1. The lowest BCUT2D eigenvalue weighted by Gasteiger charge is -2.22. The maximum Gasteiger partial charge on any atom is 0.229 e. The van der Waals surface area contributed by atoms with Crippen LogP contribution in [0.25, 0.3) is 0 Å². The second-order valence-electron chi connectivity index (χ2n) is 6.21. The molecule has 2 fully saturated rings. The fourth-order valence-corrected chi connectivity index (χ4v) is 3.12. The summed E-state index contributed by atoms with van der Waals surface area (Å²) in [7, 11) is 0. The van der Waals surface area contributed by atoms with Crippen molar-refractivity contribution in [3.05, 3.63) is 47.4 Å². The van der Waals surface area contributed by atoms with E-state index in [0.29, 0.717) is 31.3 Å². The van der Waals surface area contributed by atoms with Gasteiger partial charge in [-0.2, -0.15) is 4.98 Å². The van der Waals surface area contributed by atoms with Crippen molar-refractivity contribution in [3.8, 4) is 0 Å². The van der Waals surface area contributed by atoms with Crippen molar-refractivity contribution in [2.24, 2.45) is 0 Å². The lowest BCUT2D eigenvalue weighted by atomic mass is 10.0. The summed E-state index contributed by atoms with van der Waals surface area (Å²) in [5, 5.41) is 14.0. The van der Waals surface area contributed by atoms with Gasteiger partial charge < -0.3 is 9.63 Å². The number of halogens is 1. The van der Waals surface area contributed by atoms with Crippen molar-refractivity contribution in [3.63, 3.8) is 0 Å². The van der Waals surface area contributed by atoms with Gasteiger partial charge in [-0.05, 0) is 37.0 Å². The fourth-order valence-electron chi connectivity index (χ4n) is 3.12. The minimum Gasteiger partial charge on any atom is -0.392 e. The molecule has 4 rings (SSSR count). The molecule has 1 saturated heterocycles. The summed E-state index contributed by atoms with van der Waals surface area (Å²) in [6.07, 6.45) is 2.42. The first-order valence-electron chi connectivity index (χ1n) is 7.69. The van der Waals surface area contributed by atoms with E-state index in [4.69, 9.17) is 4.52 Å². The van der Waals surface area contributed by atoms with Gasteiger partial charge in [0.25, 0.3) is 0 Å². The van der Waals surface area contributed by atoms with Gasteiger partial charge in [0.05, 0.1) is 12.6 Å². The Morgan fingerprint density at radius 1 is 1.36 bits per heavy atom. The van der Waals surface area contributed by atoms with Crippen LogP contribution >= 0.6 is 0 Å². The number of aliphatic hydroxyl groups excluding tert-OH is 1. The molecule has 1 aromatic heterocycles. The number of hydrogen-bond acceptors (Lipinski definition) is 5. The Bertz CT molecular complexity index is 671. The van der Waals surface area contributed by atoms with Gasteiger partial charge in [0, 0.05) is 18.5 Å². The lowest BCUT2D eigenvalue weighted by molar-refractivity contribution is 0.170. The summed E-state index contributed by atoms with van der Waals surface area (Å²) in [5.74, 6) is 1.54. The van der Waals surface area contributed by atoms with Gasteiger partial charge in [0.2, 0.25) is 5.89 Å². The summed E-state index contributed by atoms with van der Waals surface area (Å²) in [5.41, 5.74) is 0.877. The summed E-state index contributed by atoms with van der Waals surface area (Å²) in [6, 6.07) is 6.54. The molecule has 2 aromatic rings. The van der Waals surface area contributed by atoms with Crippen molar-refractivity contribution < 1.29 is 14.0 Å². The van der Waals surface area contributed by atoms with Crippen molar-refractivity contribution in [1.82, 2.24) is 15.0 Å². The molecule has 0 radical (unpaired) electrons. The molecule has 2 aliphatic rings. The number of aromatic nitrogens is 2. The number of benzene rings is 1. The molecule has 116 valence electrons. The van der Waals surface area contributed by atoms with Gasteiger partial charge in [-0.1, -0.05) is 17.3 Å². The Morgan fingerprint density at radius 2 is 2.23 bits per heavy atom. The highest BCUT2D eigenvalue weighted by molar-refractivity contribution is 5.22. The topological polar surface area (TPSA) is 62.4 Å². The zero-order valence-electron chi connectivity index (χ0n) is 12.2. The standard InChI is InChI=1S/C16H18FN3O2/c17-12-3-1-2-11(6-12)14-7-13(21)8-20(14)9-15-18-16(22-19-15)10-4-5-10/h1-3,6,10,13-14,21H,4-5,7-9H2/t13-,14+/m1/s1. The number of nitrogens with zero attached hydrogens (tertiary/aromatic N) is 3. The molecule has 0 unspecified atom stereocenters. The number of likely N-dealkylation sites (tertiary alicyclic amines) is 1. The largest absolute Gasteiger partial charge is 0.392 e. The maximum atomic E-state index is 13.5. The van der Waals surface area contributed by atoms with Gasteiger partial charge in [0.1, 0.15) is 5.82 Å². The second kappa shape index (κ2) is 5.44. The smallest absolute Gasteiger partial charge is 0.229 e. The van der Waals surface area contributed by atoms with Crippen LogP contribution in [0.2, 0.25) is 0 Å². The zero-order valence-corrected chi connectivity index (χ0v) is 12.2. The van der Waals surface area contributed by atoms with Crippen LogP contribution in [0.4, 0.5) is 4.39 Å². The first-order chi connectivity index (χ1) is 10.7. The summed E-state index contributed by atoms with van der Waals surface area (Å²) in [6.45, 7) is 1.04. The van der Waals surface area contributed by atoms with E-state index >= 15 is 0 Å². The summed E-state index contributed by atoms with van der Waals surface area (Å²) < 4.78 is 18.7. The molecular formula is C16H18FN3O2. The molecule has 1 aliphatic heterocycles. The predicted octanol–water partition coefficient (Wildman–Crippen LogP) is 2.39. The molecule has 2 heterocycles. The quantitative estimate of drug-likeness (QED) is 0.939.